The first kappa shape index (κ1) is 23.7. The van der Waals surface area contributed by atoms with Crippen LogP contribution in [-0.4, -0.2) is 60.9 Å². The molecule has 0 aliphatic carbocycles. The van der Waals surface area contributed by atoms with Crippen molar-refractivity contribution in [2.24, 2.45) is 10.2 Å². The number of halogens is 1. The summed E-state index contributed by atoms with van der Waals surface area (Å²) in [5.74, 6) is 0. The number of hydrogen-bond donors (Lipinski definition) is 1. The topological polar surface area (TPSA) is 91.3 Å². The van der Waals surface area contributed by atoms with E-state index in [0.717, 1.165) is 29.8 Å². The maximum absolute atomic E-state index is 10.8. The predicted octanol–water partition coefficient (Wildman–Crippen LogP) is 4.95. The van der Waals surface area contributed by atoms with Crippen molar-refractivity contribution in [1.82, 2.24) is 0 Å². The third kappa shape index (κ3) is 7.05. The van der Waals surface area contributed by atoms with E-state index in [2.05, 4.69) is 36.1 Å². The molecule has 0 aliphatic heterocycles. The molecule has 2 aromatic rings. The molecule has 0 heterocycles. The number of likely N-dealkylation sites (N-methyl/N-ethyl adjacent to an activating group) is 2. The first-order chi connectivity index (χ1) is 14.1. The van der Waals surface area contributed by atoms with Crippen molar-refractivity contribution in [2.75, 3.05) is 45.2 Å². The van der Waals surface area contributed by atoms with E-state index in [-0.39, 0.29) is 16.8 Å². The van der Waals surface area contributed by atoms with Gasteiger partial charge >= 0.3 is 0 Å². The van der Waals surface area contributed by atoms with Crippen LogP contribution in [0.25, 0.3) is 0 Å². The number of rotatable bonds is 10. The standard InChI is InChI=1S/C21H29ClN5O3/c1-5-25(12-13-27(3,4)15-16(2)28)18-8-6-17(7-9-18)23-24-21-11-10-19(26(29)30)14-20(21)22/h6-11,14,16,28H,5,12-13,15H2,1-4H3/q+1/b24-23+. The Morgan fingerprint density at radius 3 is 2.40 bits per heavy atom. The number of non-ortho nitro benzene ring substituents is 1. The second kappa shape index (κ2) is 10.5. The molecule has 0 fully saturated rings. The summed E-state index contributed by atoms with van der Waals surface area (Å²) < 4.78 is 0.746. The van der Waals surface area contributed by atoms with E-state index in [9.17, 15) is 15.2 Å². The number of anilines is 1. The lowest BCUT2D eigenvalue weighted by Crippen LogP contribution is -2.49. The number of aliphatic hydroxyl groups is 1. The highest BCUT2D eigenvalue weighted by molar-refractivity contribution is 6.33. The van der Waals surface area contributed by atoms with Crippen molar-refractivity contribution in [1.29, 1.82) is 0 Å². The number of nitro benzene ring substituents is 1. The highest BCUT2D eigenvalue weighted by atomic mass is 35.5. The van der Waals surface area contributed by atoms with Gasteiger partial charge in [0, 0.05) is 24.4 Å². The molecule has 0 saturated carbocycles. The molecule has 2 rings (SSSR count). The summed E-state index contributed by atoms with van der Waals surface area (Å²) in [7, 11) is 4.24. The molecule has 0 bridgehead atoms. The molecule has 1 atom stereocenters. The average molecular weight is 435 g/mol. The van der Waals surface area contributed by atoms with Crippen molar-refractivity contribution >= 4 is 34.4 Å². The molecule has 8 nitrogen and oxygen atoms in total. The zero-order valence-corrected chi connectivity index (χ0v) is 18.6. The van der Waals surface area contributed by atoms with Crippen LogP contribution in [-0.2, 0) is 0 Å². The molecule has 0 radical (unpaired) electrons. The van der Waals surface area contributed by atoms with Crippen molar-refractivity contribution in [3.63, 3.8) is 0 Å². The van der Waals surface area contributed by atoms with Gasteiger partial charge in [-0.1, -0.05) is 11.6 Å². The van der Waals surface area contributed by atoms with E-state index in [4.69, 9.17) is 11.6 Å². The van der Waals surface area contributed by atoms with Gasteiger partial charge in [-0.2, -0.15) is 5.11 Å². The smallest absolute Gasteiger partial charge is 0.271 e. The number of nitro groups is 1. The number of hydrogen-bond acceptors (Lipinski definition) is 6. The highest BCUT2D eigenvalue weighted by Crippen LogP contribution is 2.30. The fraction of sp³-hybridized carbons (Fsp3) is 0.429. The van der Waals surface area contributed by atoms with Gasteiger partial charge in [0.05, 0.1) is 42.8 Å². The Kier molecular flexibility index (Phi) is 8.28. The zero-order chi connectivity index (χ0) is 22.3. The van der Waals surface area contributed by atoms with Gasteiger partial charge in [0.2, 0.25) is 0 Å². The molecular formula is C21H29ClN5O3+. The fourth-order valence-electron chi connectivity index (χ4n) is 3.20. The van der Waals surface area contributed by atoms with Crippen LogP contribution in [0, 0.1) is 10.1 Å². The largest absolute Gasteiger partial charge is 0.388 e. The maximum Gasteiger partial charge on any atom is 0.271 e. The monoisotopic (exact) mass is 434 g/mol. The lowest BCUT2D eigenvalue weighted by atomic mass is 10.2. The van der Waals surface area contributed by atoms with Gasteiger partial charge in [-0.3, -0.25) is 10.1 Å². The van der Waals surface area contributed by atoms with Gasteiger partial charge in [0.15, 0.2) is 0 Å². The van der Waals surface area contributed by atoms with Crippen molar-refractivity contribution < 1.29 is 14.5 Å². The van der Waals surface area contributed by atoms with Gasteiger partial charge in [-0.15, -0.1) is 5.11 Å². The van der Waals surface area contributed by atoms with E-state index in [1.54, 1.807) is 0 Å². The molecular weight excluding hydrogens is 406 g/mol. The second-order valence-electron chi connectivity index (χ2n) is 7.88. The zero-order valence-electron chi connectivity index (χ0n) is 17.8. The predicted molar refractivity (Wildman–Crippen MR) is 120 cm³/mol. The minimum atomic E-state index is -0.505. The normalized spacial score (nSPS) is 12.9. The molecule has 0 aliphatic rings. The Bertz CT molecular complexity index is 885. The highest BCUT2D eigenvalue weighted by Gasteiger charge is 2.19. The number of benzene rings is 2. The number of nitrogens with zero attached hydrogens (tertiary/aromatic N) is 5. The fourth-order valence-corrected chi connectivity index (χ4v) is 3.41. The summed E-state index contributed by atoms with van der Waals surface area (Å²) in [5.41, 5.74) is 2.04. The third-order valence-corrected chi connectivity index (χ3v) is 5.05. The minimum absolute atomic E-state index is 0.0850. The summed E-state index contributed by atoms with van der Waals surface area (Å²) in [5, 5.41) is 28.9. The van der Waals surface area contributed by atoms with Crippen molar-refractivity contribution in [3.05, 3.63) is 57.6 Å². The van der Waals surface area contributed by atoms with Crippen molar-refractivity contribution in [3.8, 4) is 0 Å². The summed E-state index contributed by atoms with van der Waals surface area (Å²) in [6.45, 7) is 7.29. The van der Waals surface area contributed by atoms with Gasteiger partial charge < -0.3 is 14.5 Å². The van der Waals surface area contributed by atoms with Crippen molar-refractivity contribution in [2.45, 2.75) is 20.0 Å². The summed E-state index contributed by atoms with van der Waals surface area (Å²) in [6, 6.07) is 11.8. The molecule has 0 saturated heterocycles. The third-order valence-electron chi connectivity index (χ3n) is 4.75. The van der Waals surface area contributed by atoms with E-state index in [1.807, 2.05) is 31.2 Å². The lowest BCUT2D eigenvalue weighted by molar-refractivity contribution is -0.891. The first-order valence-electron chi connectivity index (χ1n) is 9.82. The van der Waals surface area contributed by atoms with Crippen LogP contribution in [0.3, 0.4) is 0 Å². The molecule has 1 unspecified atom stereocenters. The van der Waals surface area contributed by atoms with E-state index >= 15 is 0 Å². The van der Waals surface area contributed by atoms with Gasteiger partial charge in [0.1, 0.15) is 18.3 Å². The summed E-state index contributed by atoms with van der Waals surface area (Å²) >= 11 is 6.05. The van der Waals surface area contributed by atoms with Gasteiger partial charge in [-0.25, -0.2) is 0 Å². The molecule has 0 spiro atoms. The van der Waals surface area contributed by atoms with E-state index in [1.165, 1.54) is 18.2 Å². The minimum Gasteiger partial charge on any atom is -0.388 e. The first-order valence-corrected chi connectivity index (χ1v) is 10.2. The lowest BCUT2D eigenvalue weighted by Gasteiger charge is -2.34. The Balaban J connectivity index is 2.04. The second-order valence-corrected chi connectivity index (χ2v) is 8.29. The Labute approximate surface area is 182 Å². The molecule has 0 aromatic heterocycles. The molecule has 9 heteroatoms. The molecule has 1 N–H and O–H groups in total. The Morgan fingerprint density at radius 1 is 1.20 bits per heavy atom. The van der Waals surface area contributed by atoms with Crippen LogP contribution in [0.4, 0.5) is 22.7 Å². The number of aliphatic hydroxyl groups excluding tert-OH is 1. The van der Waals surface area contributed by atoms with E-state index < -0.39 is 4.92 Å². The van der Waals surface area contributed by atoms with Gasteiger partial charge in [0.25, 0.3) is 5.69 Å². The average Bonchev–Trinajstić information content (AvgIpc) is 2.67. The van der Waals surface area contributed by atoms with Crippen LogP contribution >= 0.6 is 11.6 Å². The Hall–Kier alpha value is -2.55. The summed E-state index contributed by atoms with van der Waals surface area (Å²) in [4.78, 5) is 12.5. The summed E-state index contributed by atoms with van der Waals surface area (Å²) in [6.07, 6.45) is -0.330. The number of azo groups is 1. The van der Waals surface area contributed by atoms with Gasteiger partial charge in [-0.05, 0) is 44.2 Å². The Morgan fingerprint density at radius 2 is 1.87 bits per heavy atom. The van der Waals surface area contributed by atoms with Crippen LogP contribution in [0.15, 0.2) is 52.7 Å². The molecule has 162 valence electrons. The maximum atomic E-state index is 10.8. The number of quaternary nitrogens is 1. The molecule has 0 amide bonds. The molecule has 2 aromatic carbocycles. The van der Waals surface area contributed by atoms with E-state index in [0.29, 0.717) is 17.9 Å². The molecule has 30 heavy (non-hydrogen) atoms. The van der Waals surface area contributed by atoms with Crippen LogP contribution in [0.2, 0.25) is 5.02 Å². The quantitative estimate of drug-likeness (QED) is 0.248. The van der Waals surface area contributed by atoms with Crippen LogP contribution in [0.1, 0.15) is 13.8 Å². The van der Waals surface area contributed by atoms with Crippen LogP contribution < -0.4 is 4.90 Å². The SMILES string of the molecule is CCN(CC[N+](C)(C)CC(C)O)c1ccc(/N=N/c2ccc([N+](=O)[O-])cc2Cl)cc1. The van der Waals surface area contributed by atoms with Crippen LogP contribution in [0.5, 0.6) is 0 Å².